The van der Waals surface area contributed by atoms with Crippen LogP contribution in [-0.2, 0) is 13.0 Å². The van der Waals surface area contributed by atoms with E-state index in [0.29, 0.717) is 6.54 Å². The molecule has 1 aromatic carbocycles. The van der Waals surface area contributed by atoms with Crippen molar-refractivity contribution < 1.29 is 0 Å². The van der Waals surface area contributed by atoms with E-state index in [0.717, 1.165) is 17.7 Å². The normalized spacial score (nSPS) is 10.2. The quantitative estimate of drug-likeness (QED) is 0.815. The van der Waals surface area contributed by atoms with Gasteiger partial charge in [-0.25, -0.2) is 0 Å². The van der Waals surface area contributed by atoms with Crippen molar-refractivity contribution in [3.8, 4) is 0 Å². The minimum Gasteiger partial charge on any atom is -0.325 e. The fraction of sp³-hybridized carbons (Fsp3) is 0.167. The Morgan fingerprint density at radius 3 is 2.60 bits per heavy atom. The lowest BCUT2D eigenvalue weighted by Gasteiger charge is -2.05. The molecule has 0 aliphatic rings. The summed E-state index contributed by atoms with van der Waals surface area (Å²) in [5.74, 6) is 0. The molecular weight excluding hydrogens is 186 g/mol. The summed E-state index contributed by atoms with van der Waals surface area (Å²) in [6, 6.07) is 12.2. The molecule has 2 N–H and O–H groups in total. The molecule has 0 bridgehead atoms. The molecule has 15 heavy (non-hydrogen) atoms. The Morgan fingerprint density at radius 1 is 1.07 bits per heavy atom. The van der Waals surface area contributed by atoms with Gasteiger partial charge in [-0.2, -0.15) is 10.2 Å². The van der Waals surface area contributed by atoms with E-state index in [1.165, 1.54) is 5.56 Å². The SMILES string of the molecule is NCc1nnccc1Cc1ccccc1. The second-order valence-electron chi connectivity index (χ2n) is 3.37. The van der Waals surface area contributed by atoms with E-state index in [4.69, 9.17) is 5.73 Å². The molecule has 0 fully saturated rings. The highest BCUT2D eigenvalue weighted by atomic mass is 15.1. The largest absolute Gasteiger partial charge is 0.325 e. The summed E-state index contributed by atoms with van der Waals surface area (Å²) in [5.41, 5.74) is 8.89. The van der Waals surface area contributed by atoms with E-state index in [1.54, 1.807) is 6.20 Å². The summed E-state index contributed by atoms with van der Waals surface area (Å²) in [7, 11) is 0. The van der Waals surface area contributed by atoms with Crippen molar-refractivity contribution in [1.82, 2.24) is 10.2 Å². The molecule has 1 aromatic heterocycles. The Balaban J connectivity index is 2.24. The van der Waals surface area contributed by atoms with Gasteiger partial charge in [-0.3, -0.25) is 0 Å². The van der Waals surface area contributed by atoms with Crippen molar-refractivity contribution in [2.75, 3.05) is 0 Å². The topological polar surface area (TPSA) is 51.8 Å². The first-order valence-electron chi connectivity index (χ1n) is 4.93. The molecule has 0 unspecified atom stereocenters. The first-order chi connectivity index (χ1) is 7.40. The van der Waals surface area contributed by atoms with Gasteiger partial charge in [-0.15, -0.1) is 0 Å². The Bertz CT molecular complexity index is 426. The number of nitrogens with zero attached hydrogens (tertiary/aromatic N) is 2. The number of nitrogens with two attached hydrogens (primary N) is 1. The molecule has 3 nitrogen and oxygen atoms in total. The van der Waals surface area contributed by atoms with Crippen LogP contribution in [-0.4, -0.2) is 10.2 Å². The molecule has 0 aliphatic heterocycles. The monoisotopic (exact) mass is 199 g/mol. The zero-order valence-electron chi connectivity index (χ0n) is 8.43. The van der Waals surface area contributed by atoms with Gasteiger partial charge in [-0.1, -0.05) is 30.3 Å². The van der Waals surface area contributed by atoms with Crippen LogP contribution in [0.15, 0.2) is 42.6 Å². The average molecular weight is 199 g/mol. The Morgan fingerprint density at radius 2 is 1.87 bits per heavy atom. The van der Waals surface area contributed by atoms with Crippen molar-refractivity contribution in [2.24, 2.45) is 5.73 Å². The maximum Gasteiger partial charge on any atom is 0.0802 e. The zero-order valence-corrected chi connectivity index (χ0v) is 8.43. The van der Waals surface area contributed by atoms with Crippen LogP contribution in [0.1, 0.15) is 16.8 Å². The van der Waals surface area contributed by atoms with Crippen LogP contribution >= 0.6 is 0 Å². The molecule has 0 spiro atoms. The number of hydrogen-bond acceptors (Lipinski definition) is 3. The first-order valence-corrected chi connectivity index (χ1v) is 4.93. The molecule has 76 valence electrons. The molecule has 0 aliphatic carbocycles. The fourth-order valence-electron chi connectivity index (χ4n) is 1.54. The Hall–Kier alpha value is -1.74. The van der Waals surface area contributed by atoms with Gasteiger partial charge in [0.2, 0.25) is 0 Å². The van der Waals surface area contributed by atoms with Crippen LogP contribution in [0.4, 0.5) is 0 Å². The fourth-order valence-corrected chi connectivity index (χ4v) is 1.54. The van der Waals surface area contributed by atoms with Crippen LogP contribution in [0.2, 0.25) is 0 Å². The van der Waals surface area contributed by atoms with Gasteiger partial charge in [0.05, 0.1) is 5.69 Å². The molecule has 0 saturated heterocycles. The van der Waals surface area contributed by atoms with E-state index in [2.05, 4.69) is 22.3 Å². The lowest BCUT2D eigenvalue weighted by Crippen LogP contribution is -2.06. The van der Waals surface area contributed by atoms with Gasteiger partial charge in [0.1, 0.15) is 0 Å². The average Bonchev–Trinajstić information content (AvgIpc) is 2.31. The molecule has 0 atom stereocenters. The van der Waals surface area contributed by atoms with Crippen molar-refractivity contribution in [2.45, 2.75) is 13.0 Å². The highest BCUT2D eigenvalue weighted by Crippen LogP contribution is 2.10. The van der Waals surface area contributed by atoms with Gasteiger partial charge < -0.3 is 5.73 Å². The summed E-state index contributed by atoms with van der Waals surface area (Å²) >= 11 is 0. The van der Waals surface area contributed by atoms with Gasteiger partial charge >= 0.3 is 0 Å². The van der Waals surface area contributed by atoms with Crippen molar-refractivity contribution in [3.63, 3.8) is 0 Å². The maximum absolute atomic E-state index is 5.60. The van der Waals surface area contributed by atoms with E-state index in [1.807, 2.05) is 24.3 Å². The maximum atomic E-state index is 5.60. The Kier molecular flexibility index (Phi) is 3.05. The van der Waals surface area contributed by atoms with Crippen LogP contribution in [0, 0.1) is 0 Å². The molecule has 2 rings (SSSR count). The molecule has 1 heterocycles. The highest BCUT2D eigenvalue weighted by Gasteiger charge is 2.02. The van der Waals surface area contributed by atoms with E-state index in [-0.39, 0.29) is 0 Å². The smallest absolute Gasteiger partial charge is 0.0802 e. The summed E-state index contributed by atoms with van der Waals surface area (Å²) in [4.78, 5) is 0. The summed E-state index contributed by atoms with van der Waals surface area (Å²) in [6.45, 7) is 0.440. The number of hydrogen-bond donors (Lipinski definition) is 1. The lowest BCUT2D eigenvalue weighted by atomic mass is 10.0. The highest BCUT2D eigenvalue weighted by molar-refractivity contribution is 5.27. The van der Waals surface area contributed by atoms with Crippen molar-refractivity contribution in [3.05, 3.63) is 59.4 Å². The third kappa shape index (κ3) is 2.39. The standard InChI is InChI=1S/C12H13N3/c13-9-12-11(6-7-14-15-12)8-10-4-2-1-3-5-10/h1-7H,8-9,13H2. The second-order valence-corrected chi connectivity index (χ2v) is 3.37. The number of rotatable bonds is 3. The third-order valence-electron chi connectivity index (χ3n) is 2.32. The van der Waals surface area contributed by atoms with Crippen LogP contribution in [0.3, 0.4) is 0 Å². The summed E-state index contributed by atoms with van der Waals surface area (Å²) in [6.07, 6.45) is 2.57. The van der Waals surface area contributed by atoms with Crippen LogP contribution in [0.5, 0.6) is 0 Å². The van der Waals surface area contributed by atoms with E-state index >= 15 is 0 Å². The third-order valence-corrected chi connectivity index (χ3v) is 2.32. The van der Waals surface area contributed by atoms with Gasteiger partial charge in [-0.05, 0) is 23.6 Å². The predicted octanol–water partition coefficient (Wildman–Crippen LogP) is 1.53. The minimum absolute atomic E-state index is 0.440. The Labute approximate surface area is 89.0 Å². The molecule has 3 heteroatoms. The zero-order chi connectivity index (χ0) is 10.5. The minimum atomic E-state index is 0.440. The number of benzene rings is 1. The predicted molar refractivity (Wildman–Crippen MR) is 59.2 cm³/mol. The van der Waals surface area contributed by atoms with Crippen LogP contribution < -0.4 is 5.73 Å². The molecule has 0 saturated carbocycles. The molecule has 0 amide bonds. The van der Waals surface area contributed by atoms with Gasteiger partial charge in [0.15, 0.2) is 0 Å². The first kappa shape index (κ1) is 9.80. The molecule has 2 aromatic rings. The molecule has 0 radical (unpaired) electrons. The van der Waals surface area contributed by atoms with Crippen molar-refractivity contribution in [1.29, 1.82) is 0 Å². The van der Waals surface area contributed by atoms with Crippen molar-refractivity contribution >= 4 is 0 Å². The van der Waals surface area contributed by atoms with E-state index in [9.17, 15) is 0 Å². The lowest BCUT2D eigenvalue weighted by molar-refractivity contribution is 0.867. The van der Waals surface area contributed by atoms with E-state index < -0.39 is 0 Å². The van der Waals surface area contributed by atoms with Gasteiger partial charge in [0.25, 0.3) is 0 Å². The van der Waals surface area contributed by atoms with Crippen LogP contribution in [0.25, 0.3) is 0 Å². The van der Waals surface area contributed by atoms with Gasteiger partial charge in [0, 0.05) is 12.7 Å². The molecular formula is C12H13N3. The summed E-state index contributed by atoms with van der Waals surface area (Å²) in [5, 5.41) is 7.85. The number of aromatic nitrogens is 2. The summed E-state index contributed by atoms with van der Waals surface area (Å²) < 4.78 is 0. The second kappa shape index (κ2) is 4.66.